The molecular weight excluding hydrogens is 381 g/mol. The number of halogens is 9. The highest BCUT2D eigenvalue weighted by Crippen LogP contribution is 2.48. The molecule has 2 nitrogen and oxygen atoms in total. The molecule has 0 heterocycles. The molecule has 0 fully saturated rings. The molecule has 0 aromatic heterocycles. The molecule has 0 atom stereocenters. The lowest BCUT2D eigenvalue weighted by atomic mass is 10.1. The van der Waals surface area contributed by atoms with Crippen LogP contribution < -0.4 is 10.5 Å². The van der Waals surface area contributed by atoms with Gasteiger partial charge in [-0.1, -0.05) is 0 Å². The summed E-state index contributed by atoms with van der Waals surface area (Å²) in [6.45, 7) is 0. The van der Waals surface area contributed by atoms with Gasteiger partial charge in [0, 0.05) is 5.69 Å². The smallest absolute Gasteiger partial charge is 0.421 e. The van der Waals surface area contributed by atoms with E-state index in [0.717, 1.165) is 0 Å². The molecule has 0 saturated carbocycles. The fourth-order valence-corrected chi connectivity index (χ4v) is 2.05. The van der Waals surface area contributed by atoms with Gasteiger partial charge in [-0.2, -0.15) is 39.5 Å². The minimum absolute atomic E-state index is 0.296. The largest absolute Gasteiger partial charge is 0.456 e. The Morgan fingerprint density at radius 3 is 1.62 bits per heavy atom. The lowest BCUT2D eigenvalue weighted by Gasteiger charge is -2.20. The Morgan fingerprint density at radius 2 is 1.19 bits per heavy atom. The van der Waals surface area contributed by atoms with E-state index in [1.165, 1.54) is 0 Å². The summed E-state index contributed by atoms with van der Waals surface area (Å²) < 4.78 is 121. The third-order valence-corrected chi connectivity index (χ3v) is 3.18. The van der Waals surface area contributed by atoms with Crippen LogP contribution in [0.4, 0.5) is 45.2 Å². The van der Waals surface area contributed by atoms with Crippen molar-refractivity contribution in [2.24, 2.45) is 0 Å². The molecule has 0 amide bonds. The fraction of sp³-hybridized carbons (Fsp3) is 0.200. The maximum atomic E-state index is 13.1. The van der Waals surface area contributed by atoms with Gasteiger partial charge in [0.05, 0.1) is 11.1 Å². The van der Waals surface area contributed by atoms with Crippen LogP contribution in [0.3, 0.4) is 0 Å². The number of anilines is 1. The molecule has 0 aliphatic carbocycles. The molecule has 2 N–H and O–H groups in total. The van der Waals surface area contributed by atoms with Crippen LogP contribution in [0.2, 0.25) is 0 Å². The summed E-state index contributed by atoms with van der Waals surface area (Å²) in [5, 5.41) is 0. The number of ether oxygens (including phenoxy) is 1. The summed E-state index contributed by atoms with van der Waals surface area (Å²) in [4.78, 5) is 0. The highest BCUT2D eigenvalue weighted by atomic mass is 19.4. The van der Waals surface area contributed by atoms with Crippen molar-refractivity contribution in [1.29, 1.82) is 0 Å². The van der Waals surface area contributed by atoms with Crippen LogP contribution in [0.25, 0.3) is 0 Å². The van der Waals surface area contributed by atoms with Crippen LogP contribution in [0.5, 0.6) is 11.5 Å². The predicted molar refractivity (Wildman–Crippen MR) is 72.4 cm³/mol. The number of rotatable bonds is 2. The van der Waals surface area contributed by atoms with Gasteiger partial charge >= 0.3 is 18.5 Å². The number of nitrogens with two attached hydrogens (primary N) is 1. The summed E-state index contributed by atoms with van der Waals surface area (Å²) in [7, 11) is 0. The van der Waals surface area contributed by atoms with E-state index in [9.17, 15) is 39.5 Å². The first-order valence-electron chi connectivity index (χ1n) is 6.63. The second-order valence-electron chi connectivity index (χ2n) is 5.03. The van der Waals surface area contributed by atoms with Gasteiger partial charge in [-0.15, -0.1) is 0 Å². The van der Waals surface area contributed by atoms with Crippen molar-refractivity contribution in [2.45, 2.75) is 18.5 Å². The molecule has 0 saturated heterocycles. The van der Waals surface area contributed by atoms with Crippen LogP contribution in [-0.4, -0.2) is 0 Å². The number of hydrogen-bond donors (Lipinski definition) is 1. The second-order valence-corrected chi connectivity index (χ2v) is 5.03. The molecule has 0 bridgehead atoms. The summed E-state index contributed by atoms with van der Waals surface area (Å²) in [6, 6.07) is 2.85. The highest BCUT2D eigenvalue weighted by Gasteiger charge is 2.44. The molecule has 0 unspecified atom stereocenters. The molecule has 26 heavy (non-hydrogen) atoms. The molecule has 0 aliphatic rings. The van der Waals surface area contributed by atoms with Gasteiger partial charge in [0.15, 0.2) is 5.75 Å². The number of hydrogen-bond acceptors (Lipinski definition) is 2. The van der Waals surface area contributed by atoms with Crippen LogP contribution in [0.1, 0.15) is 16.7 Å². The Bertz CT molecular complexity index is 789. The second kappa shape index (κ2) is 6.29. The standard InChI is InChI=1S/C15H8F9NO/c16-13(17,18)7-1-3-8(4-2-7)26-12-9(14(19,20)21)5-6-10(25)11(12)15(22,23)24/h1-6H,25H2. The van der Waals surface area contributed by atoms with Crippen molar-refractivity contribution in [3.8, 4) is 11.5 Å². The Labute approximate surface area is 140 Å². The Kier molecular flexibility index (Phi) is 4.77. The summed E-state index contributed by atoms with van der Waals surface area (Å²) >= 11 is 0. The molecule has 2 aromatic rings. The number of benzene rings is 2. The average Bonchev–Trinajstić information content (AvgIpc) is 2.44. The van der Waals surface area contributed by atoms with E-state index in [1.807, 2.05) is 0 Å². The zero-order valence-corrected chi connectivity index (χ0v) is 12.4. The van der Waals surface area contributed by atoms with Gasteiger partial charge in [0.1, 0.15) is 11.3 Å². The van der Waals surface area contributed by atoms with Crippen molar-refractivity contribution >= 4 is 5.69 Å². The first-order valence-corrected chi connectivity index (χ1v) is 6.63. The van der Waals surface area contributed by atoms with Gasteiger partial charge in [-0.05, 0) is 36.4 Å². The van der Waals surface area contributed by atoms with E-state index in [0.29, 0.717) is 36.4 Å². The molecule has 0 spiro atoms. The SMILES string of the molecule is Nc1ccc(C(F)(F)F)c(Oc2ccc(C(F)(F)F)cc2)c1C(F)(F)F. The molecule has 0 radical (unpaired) electrons. The van der Waals surface area contributed by atoms with Crippen LogP contribution in [0, 0.1) is 0 Å². The Hall–Kier alpha value is -2.59. The molecule has 142 valence electrons. The number of alkyl halides is 9. The molecule has 11 heteroatoms. The van der Waals surface area contributed by atoms with E-state index in [4.69, 9.17) is 5.73 Å². The molecular formula is C15H8F9NO. The first-order chi connectivity index (χ1) is 11.7. The normalized spacial score (nSPS) is 13.0. The van der Waals surface area contributed by atoms with Crippen molar-refractivity contribution in [2.75, 3.05) is 5.73 Å². The maximum Gasteiger partial charge on any atom is 0.421 e. The Balaban J connectivity index is 2.59. The monoisotopic (exact) mass is 389 g/mol. The molecule has 0 aliphatic heterocycles. The van der Waals surface area contributed by atoms with Crippen molar-refractivity contribution in [3.63, 3.8) is 0 Å². The van der Waals surface area contributed by atoms with Crippen LogP contribution in [-0.2, 0) is 18.5 Å². The van der Waals surface area contributed by atoms with Crippen LogP contribution in [0.15, 0.2) is 36.4 Å². The lowest BCUT2D eigenvalue weighted by Crippen LogP contribution is -2.16. The quantitative estimate of drug-likeness (QED) is 0.496. The van der Waals surface area contributed by atoms with Crippen molar-refractivity contribution in [3.05, 3.63) is 53.1 Å². The Morgan fingerprint density at radius 1 is 0.654 bits per heavy atom. The summed E-state index contributed by atoms with van der Waals surface area (Å²) in [5.74, 6) is -2.29. The zero-order chi connectivity index (χ0) is 19.9. The van der Waals surface area contributed by atoms with E-state index in [2.05, 4.69) is 4.74 Å². The van der Waals surface area contributed by atoms with Crippen LogP contribution >= 0.6 is 0 Å². The van der Waals surface area contributed by atoms with E-state index in [-0.39, 0.29) is 0 Å². The minimum Gasteiger partial charge on any atom is -0.456 e. The van der Waals surface area contributed by atoms with E-state index in [1.54, 1.807) is 0 Å². The lowest BCUT2D eigenvalue weighted by molar-refractivity contribution is -0.144. The zero-order valence-electron chi connectivity index (χ0n) is 12.4. The fourth-order valence-electron chi connectivity index (χ4n) is 2.05. The maximum absolute atomic E-state index is 13.1. The van der Waals surface area contributed by atoms with Gasteiger partial charge < -0.3 is 10.5 Å². The summed E-state index contributed by atoms with van der Waals surface area (Å²) in [5.41, 5.74) is -0.664. The summed E-state index contributed by atoms with van der Waals surface area (Å²) in [6.07, 6.45) is -15.2. The van der Waals surface area contributed by atoms with Gasteiger partial charge in [-0.3, -0.25) is 0 Å². The van der Waals surface area contributed by atoms with Crippen molar-refractivity contribution in [1.82, 2.24) is 0 Å². The topological polar surface area (TPSA) is 35.2 Å². The third-order valence-electron chi connectivity index (χ3n) is 3.18. The predicted octanol–water partition coefficient (Wildman–Crippen LogP) is 6.12. The average molecular weight is 389 g/mol. The van der Waals surface area contributed by atoms with Gasteiger partial charge in [-0.25, -0.2) is 0 Å². The van der Waals surface area contributed by atoms with E-state index < -0.39 is 52.4 Å². The van der Waals surface area contributed by atoms with Crippen molar-refractivity contribution < 1.29 is 44.3 Å². The number of nitrogen functional groups attached to an aromatic ring is 1. The minimum atomic E-state index is -5.29. The highest BCUT2D eigenvalue weighted by molar-refractivity contribution is 5.61. The third kappa shape index (κ3) is 4.14. The van der Waals surface area contributed by atoms with Gasteiger partial charge in [0.2, 0.25) is 0 Å². The van der Waals surface area contributed by atoms with Gasteiger partial charge in [0.25, 0.3) is 0 Å². The molecule has 2 aromatic carbocycles. The van der Waals surface area contributed by atoms with E-state index >= 15 is 0 Å². The molecule has 2 rings (SSSR count). The first kappa shape index (κ1) is 19.7.